The second-order valence-corrected chi connectivity index (χ2v) is 4.83. The molecule has 7 nitrogen and oxygen atoms in total. The molecule has 112 valence electrons. The first-order chi connectivity index (χ1) is 9.88. The van der Waals surface area contributed by atoms with E-state index in [1.807, 2.05) is 0 Å². The van der Waals surface area contributed by atoms with Crippen LogP contribution in [-0.4, -0.2) is 66.0 Å². The molecule has 2 heterocycles. The van der Waals surface area contributed by atoms with E-state index in [0.717, 1.165) is 64.6 Å². The van der Waals surface area contributed by atoms with Gasteiger partial charge in [0.05, 0.1) is 19.4 Å². The van der Waals surface area contributed by atoms with E-state index in [-0.39, 0.29) is 0 Å². The predicted molar refractivity (Wildman–Crippen MR) is 79.0 cm³/mol. The summed E-state index contributed by atoms with van der Waals surface area (Å²) in [6.07, 6.45) is 3.92. The Hall–Kier alpha value is -1.47. The van der Waals surface area contributed by atoms with Gasteiger partial charge in [-0.05, 0) is 6.42 Å². The van der Waals surface area contributed by atoms with E-state index in [0.29, 0.717) is 5.95 Å². The quantitative estimate of drug-likeness (QED) is 0.683. The molecule has 0 aliphatic carbocycles. The Morgan fingerprint density at radius 3 is 2.90 bits per heavy atom. The summed E-state index contributed by atoms with van der Waals surface area (Å²) in [4.78, 5) is 6.77. The minimum absolute atomic E-state index is 0.592. The van der Waals surface area contributed by atoms with E-state index in [1.165, 1.54) is 0 Å². The van der Waals surface area contributed by atoms with Crippen LogP contribution in [0.4, 0.5) is 11.8 Å². The average molecular weight is 280 g/mol. The Morgan fingerprint density at radius 1 is 1.25 bits per heavy atom. The molecule has 0 atom stereocenters. The molecule has 0 radical (unpaired) electrons. The highest BCUT2D eigenvalue weighted by Crippen LogP contribution is 2.04. The van der Waals surface area contributed by atoms with Gasteiger partial charge in [0.2, 0.25) is 5.95 Å². The van der Waals surface area contributed by atoms with Crippen molar-refractivity contribution in [3.8, 4) is 0 Å². The molecule has 1 aromatic rings. The first kappa shape index (κ1) is 14.9. The Labute approximate surface area is 120 Å². The molecule has 0 unspecified atom stereocenters. The number of morpholine rings is 1. The van der Waals surface area contributed by atoms with Gasteiger partial charge in [-0.15, -0.1) is 5.10 Å². The Morgan fingerprint density at radius 2 is 2.10 bits per heavy atom. The minimum atomic E-state index is 0.592. The average Bonchev–Trinajstić information content (AvgIpc) is 2.49. The molecule has 20 heavy (non-hydrogen) atoms. The summed E-state index contributed by atoms with van der Waals surface area (Å²) in [6.45, 7) is 8.57. The van der Waals surface area contributed by atoms with E-state index in [2.05, 4.69) is 37.6 Å². The van der Waals surface area contributed by atoms with Crippen LogP contribution in [0.25, 0.3) is 0 Å². The van der Waals surface area contributed by atoms with Gasteiger partial charge < -0.3 is 15.4 Å². The summed E-state index contributed by atoms with van der Waals surface area (Å²) in [5.41, 5.74) is 0. The summed E-state index contributed by atoms with van der Waals surface area (Å²) < 4.78 is 5.33. The highest BCUT2D eigenvalue weighted by molar-refractivity contribution is 5.36. The molecule has 2 N–H and O–H groups in total. The van der Waals surface area contributed by atoms with Crippen molar-refractivity contribution in [1.29, 1.82) is 0 Å². The van der Waals surface area contributed by atoms with E-state index < -0.39 is 0 Å². The lowest BCUT2D eigenvalue weighted by atomic mass is 10.3. The van der Waals surface area contributed by atoms with Crippen LogP contribution in [0.2, 0.25) is 0 Å². The van der Waals surface area contributed by atoms with Crippen LogP contribution in [0.5, 0.6) is 0 Å². The molecule has 1 saturated heterocycles. The summed E-state index contributed by atoms with van der Waals surface area (Å²) in [6, 6.07) is 0. The highest BCUT2D eigenvalue weighted by atomic mass is 16.5. The zero-order valence-electron chi connectivity index (χ0n) is 12.1. The van der Waals surface area contributed by atoms with Crippen molar-refractivity contribution >= 4 is 11.8 Å². The Balaban J connectivity index is 1.70. The molecule has 1 aliphatic rings. The van der Waals surface area contributed by atoms with Gasteiger partial charge in [0.15, 0.2) is 5.82 Å². The Kier molecular flexibility index (Phi) is 6.46. The zero-order chi connectivity index (χ0) is 14.0. The van der Waals surface area contributed by atoms with Crippen molar-refractivity contribution < 1.29 is 4.74 Å². The standard InChI is InChI=1S/C13H24N6O/c1-2-3-4-15-13-17-12(11-16-18-13)14-5-6-19-7-9-20-10-8-19/h11H,2-10H2,1H3,(H2,14,15,17,18). The van der Waals surface area contributed by atoms with Gasteiger partial charge in [0.25, 0.3) is 0 Å². The van der Waals surface area contributed by atoms with Gasteiger partial charge >= 0.3 is 0 Å². The van der Waals surface area contributed by atoms with Crippen molar-refractivity contribution in [3.63, 3.8) is 0 Å². The molecule has 1 aliphatic heterocycles. The van der Waals surface area contributed by atoms with Gasteiger partial charge in [0.1, 0.15) is 0 Å². The van der Waals surface area contributed by atoms with Gasteiger partial charge in [-0.3, -0.25) is 4.90 Å². The van der Waals surface area contributed by atoms with Crippen LogP contribution >= 0.6 is 0 Å². The maximum atomic E-state index is 5.33. The largest absolute Gasteiger partial charge is 0.379 e. The minimum Gasteiger partial charge on any atom is -0.379 e. The maximum Gasteiger partial charge on any atom is 0.244 e. The first-order valence-electron chi connectivity index (χ1n) is 7.36. The lowest BCUT2D eigenvalue weighted by Gasteiger charge is -2.26. The smallest absolute Gasteiger partial charge is 0.244 e. The number of aromatic nitrogens is 3. The van der Waals surface area contributed by atoms with Crippen molar-refractivity contribution in [2.45, 2.75) is 19.8 Å². The normalized spacial score (nSPS) is 16.1. The number of ether oxygens (including phenoxy) is 1. The molecule has 0 spiro atoms. The van der Waals surface area contributed by atoms with E-state index in [4.69, 9.17) is 4.74 Å². The topological polar surface area (TPSA) is 75.2 Å². The molecular formula is C13H24N6O. The number of rotatable bonds is 8. The highest BCUT2D eigenvalue weighted by Gasteiger charge is 2.09. The fourth-order valence-corrected chi connectivity index (χ4v) is 2.01. The third-order valence-corrected chi connectivity index (χ3v) is 3.21. The summed E-state index contributed by atoms with van der Waals surface area (Å²) in [7, 11) is 0. The van der Waals surface area contributed by atoms with Crippen LogP contribution in [0, 0.1) is 0 Å². The van der Waals surface area contributed by atoms with Gasteiger partial charge in [-0.2, -0.15) is 10.1 Å². The number of nitrogens with zero attached hydrogens (tertiary/aromatic N) is 4. The molecule has 1 aromatic heterocycles. The lowest BCUT2D eigenvalue weighted by Crippen LogP contribution is -2.39. The zero-order valence-corrected chi connectivity index (χ0v) is 12.1. The van der Waals surface area contributed by atoms with Crippen molar-refractivity contribution in [1.82, 2.24) is 20.1 Å². The van der Waals surface area contributed by atoms with Crippen LogP contribution < -0.4 is 10.6 Å². The van der Waals surface area contributed by atoms with Gasteiger partial charge in [-0.25, -0.2) is 0 Å². The van der Waals surface area contributed by atoms with E-state index >= 15 is 0 Å². The monoisotopic (exact) mass is 280 g/mol. The SMILES string of the molecule is CCCCNc1nncc(NCCN2CCOCC2)n1. The first-order valence-corrected chi connectivity index (χ1v) is 7.36. The molecule has 1 fully saturated rings. The summed E-state index contributed by atoms with van der Waals surface area (Å²) in [5.74, 6) is 1.36. The van der Waals surface area contributed by atoms with Gasteiger partial charge in [-0.1, -0.05) is 13.3 Å². The number of unbranched alkanes of at least 4 members (excludes halogenated alkanes) is 1. The van der Waals surface area contributed by atoms with Crippen LogP contribution in [-0.2, 0) is 4.74 Å². The van der Waals surface area contributed by atoms with Crippen molar-refractivity contribution in [2.24, 2.45) is 0 Å². The van der Waals surface area contributed by atoms with Crippen LogP contribution in [0.1, 0.15) is 19.8 Å². The molecule has 2 rings (SSSR count). The molecule has 7 heteroatoms. The molecule has 0 saturated carbocycles. The van der Waals surface area contributed by atoms with Crippen molar-refractivity contribution in [3.05, 3.63) is 6.20 Å². The molecule has 0 bridgehead atoms. The second kappa shape index (κ2) is 8.65. The lowest BCUT2D eigenvalue weighted by molar-refractivity contribution is 0.0398. The van der Waals surface area contributed by atoms with E-state index in [1.54, 1.807) is 6.20 Å². The van der Waals surface area contributed by atoms with Crippen LogP contribution in [0.15, 0.2) is 6.20 Å². The third kappa shape index (κ3) is 5.26. The predicted octanol–water partition coefficient (Wildman–Crippen LogP) is 0.828. The molecule has 0 aromatic carbocycles. The third-order valence-electron chi connectivity index (χ3n) is 3.21. The summed E-state index contributed by atoms with van der Waals surface area (Å²) in [5, 5.41) is 14.4. The number of anilines is 2. The fraction of sp³-hybridized carbons (Fsp3) is 0.769. The number of nitrogens with one attached hydrogen (secondary N) is 2. The van der Waals surface area contributed by atoms with E-state index in [9.17, 15) is 0 Å². The summed E-state index contributed by atoms with van der Waals surface area (Å²) >= 11 is 0. The second-order valence-electron chi connectivity index (χ2n) is 4.83. The maximum absolute atomic E-state index is 5.33. The van der Waals surface area contributed by atoms with Crippen LogP contribution in [0.3, 0.4) is 0 Å². The number of hydrogen-bond acceptors (Lipinski definition) is 7. The fourth-order valence-electron chi connectivity index (χ4n) is 2.01. The Bertz CT molecular complexity index is 383. The van der Waals surface area contributed by atoms with Crippen molar-refractivity contribution in [2.75, 3.05) is 56.6 Å². The number of hydrogen-bond donors (Lipinski definition) is 2. The molecule has 0 amide bonds. The van der Waals surface area contributed by atoms with Gasteiger partial charge in [0, 0.05) is 32.7 Å². The molecular weight excluding hydrogens is 256 g/mol.